The second-order valence-electron chi connectivity index (χ2n) is 3.06. The summed E-state index contributed by atoms with van der Waals surface area (Å²) in [6.45, 7) is 0. The average molecular weight is 188 g/mol. The molecule has 0 atom stereocenters. The Kier molecular flexibility index (Phi) is 2.88. The topological polar surface area (TPSA) is 0 Å². The van der Waals surface area contributed by atoms with Crippen LogP contribution in [0.25, 0.3) is 0 Å². The molecule has 0 spiro atoms. The van der Waals surface area contributed by atoms with E-state index in [1.54, 1.807) is 0 Å². The number of allylic oxidation sites excluding steroid dienone is 4. The zero-order chi connectivity index (χ0) is 8.93. The summed E-state index contributed by atoms with van der Waals surface area (Å²) in [5.41, 5.74) is 0. The van der Waals surface area contributed by atoms with Gasteiger partial charge in [0.15, 0.2) is 0 Å². The second kappa shape index (κ2) is 4.33. The molecule has 0 amide bonds. The molecule has 0 aromatic heterocycles. The lowest BCUT2D eigenvalue weighted by atomic mass is 10.2. The van der Waals surface area contributed by atoms with Crippen molar-refractivity contribution in [3.05, 3.63) is 54.6 Å². The summed E-state index contributed by atoms with van der Waals surface area (Å²) in [5, 5.41) is 0. The van der Waals surface area contributed by atoms with Crippen LogP contribution in [-0.2, 0) is 0 Å². The van der Waals surface area contributed by atoms with E-state index in [1.165, 1.54) is 4.90 Å². The van der Waals surface area contributed by atoms with E-state index in [9.17, 15) is 0 Å². The smallest absolute Gasteiger partial charge is 0.00781 e. The number of thioether (sulfide) groups is 1. The third kappa shape index (κ3) is 2.49. The first kappa shape index (κ1) is 8.64. The van der Waals surface area contributed by atoms with Gasteiger partial charge in [-0.25, -0.2) is 0 Å². The summed E-state index contributed by atoms with van der Waals surface area (Å²) >= 11 is 1.92. The molecule has 0 heterocycles. The normalized spacial score (nSPS) is 15.4. The van der Waals surface area contributed by atoms with Gasteiger partial charge in [0, 0.05) is 16.6 Å². The van der Waals surface area contributed by atoms with Crippen molar-refractivity contribution in [2.45, 2.75) is 4.90 Å². The van der Waals surface area contributed by atoms with E-state index in [1.807, 2.05) is 11.8 Å². The highest BCUT2D eigenvalue weighted by molar-refractivity contribution is 7.99. The van der Waals surface area contributed by atoms with Crippen molar-refractivity contribution >= 4 is 11.8 Å². The molecular formula is C12H12S. The molecular weight excluding hydrogens is 176 g/mol. The fraction of sp³-hybridized carbons (Fsp3) is 0.167. The molecule has 0 saturated heterocycles. The number of hydrogen-bond acceptors (Lipinski definition) is 1. The van der Waals surface area contributed by atoms with E-state index in [2.05, 4.69) is 54.6 Å². The summed E-state index contributed by atoms with van der Waals surface area (Å²) in [6.07, 6.45) is 8.73. The first-order valence-electron chi connectivity index (χ1n) is 4.48. The molecule has 66 valence electrons. The molecule has 0 unspecified atom stereocenters. The Hall–Kier alpha value is -0.950. The second-order valence-corrected chi connectivity index (χ2v) is 4.15. The maximum absolute atomic E-state index is 2.25. The summed E-state index contributed by atoms with van der Waals surface area (Å²) < 4.78 is 0. The minimum atomic E-state index is 0.630. The molecule has 0 fully saturated rings. The molecule has 0 N–H and O–H groups in total. The standard InChI is InChI=1S/C12H12S/c1-2-8-12(9-3-1)13-10-11-6-4-5-7-11/h1-9,11H,10H2. The highest BCUT2D eigenvalue weighted by atomic mass is 32.2. The molecule has 13 heavy (non-hydrogen) atoms. The summed E-state index contributed by atoms with van der Waals surface area (Å²) in [6, 6.07) is 10.5. The van der Waals surface area contributed by atoms with Crippen LogP contribution in [0.15, 0.2) is 59.5 Å². The summed E-state index contributed by atoms with van der Waals surface area (Å²) in [5.74, 6) is 1.78. The molecule has 1 heteroatoms. The van der Waals surface area contributed by atoms with Gasteiger partial charge in [-0.2, -0.15) is 0 Å². The average Bonchev–Trinajstić information content (AvgIpc) is 2.69. The minimum absolute atomic E-state index is 0.630. The van der Waals surface area contributed by atoms with Crippen molar-refractivity contribution in [2.75, 3.05) is 5.75 Å². The van der Waals surface area contributed by atoms with Gasteiger partial charge < -0.3 is 0 Å². The van der Waals surface area contributed by atoms with Gasteiger partial charge in [-0.15, -0.1) is 11.8 Å². The molecule has 1 aliphatic rings. The Morgan fingerprint density at radius 3 is 2.38 bits per heavy atom. The largest absolute Gasteiger partial charge is 0.125 e. The fourth-order valence-corrected chi connectivity index (χ4v) is 2.25. The van der Waals surface area contributed by atoms with Crippen LogP contribution in [0.1, 0.15) is 0 Å². The van der Waals surface area contributed by atoms with Gasteiger partial charge in [-0.3, -0.25) is 0 Å². The summed E-state index contributed by atoms with van der Waals surface area (Å²) in [4.78, 5) is 1.36. The van der Waals surface area contributed by atoms with Crippen LogP contribution in [-0.4, -0.2) is 5.75 Å². The molecule has 2 rings (SSSR count). The lowest BCUT2D eigenvalue weighted by Crippen LogP contribution is -1.92. The van der Waals surface area contributed by atoms with Gasteiger partial charge in [0.25, 0.3) is 0 Å². The zero-order valence-electron chi connectivity index (χ0n) is 7.39. The number of rotatable bonds is 3. The molecule has 0 radical (unpaired) electrons. The van der Waals surface area contributed by atoms with Gasteiger partial charge >= 0.3 is 0 Å². The molecule has 1 aromatic carbocycles. The van der Waals surface area contributed by atoms with Gasteiger partial charge in [0.1, 0.15) is 0 Å². The molecule has 0 nitrogen and oxygen atoms in total. The van der Waals surface area contributed by atoms with Crippen LogP contribution in [0.4, 0.5) is 0 Å². The van der Waals surface area contributed by atoms with Gasteiger partial charge in [0.05, 0.1) is 0 Å². The molecule has 0 saturated carbocycles. The van der Waals surface area contributed by atoms with Crippen LogP contribution in [0, 0.1) is 5.92 Å². The lowest BCUT2D eigenvalue weighted by Gasteiger charge is -2.04. The minimum Gasteiger partial charge on any atom is -0.125 e. The Labute approximate surface area is 83.4 Å². The Morgan fingerprint density at radius 2 is 1.69 bits per heavy atom. The quantitative estimate of drug-likeness (QED) is 0.654. The molecule has 1 aliphatic carbocycles. The lowest BCUT2D eigenvalue weighted by molar-refractivity contribution is 0.975. The van der Waals surface area contributed by atoms with Crippen molar-refractivity contribution in [3.8, 4) is 0 Å². The Balaban J connectivity index is 1.86. The van der Waals surface area contributed by atoms with Gasteiger partial charge in [0.2, 0.25) is 0 Å². The monoisotopic (exact) mass is 188 g/mol. The van der Waals surface area contributed by atoms with Crippen molar-refractivity contribution in [1.82, 2.24) is 0 Å². The zero-order valence-corrected chi connectivity index (χ0v) is 8.21. The Morgan fingerprint density at radius 1 is 1.00 bits per heavy atom. The molecule has 0 bridgehead atoms. The van der Waals surface area contributed by atoms with Crippen LogP contribution >= 0.6 is 11.8 Å². The molecule has 0 aliphatic heterocycles. The van der Waals surface area contributed by atoms with Gasteiger partial charge in [-0.1, -0.05) is 42.5 Å². The van der Waals surface area contributed by atoms with Crippen LogP contribution in [0.3, 0.4) is 0 Å². The van der Waals surface area contributed by atoms with E-state index in [0.29, 0.717) is 5.92 Å². The van der Waals surface area contributed by atoms with E-state index >= 15 is 0 Å². The highest BCUT2D eigenvalue weighted by Gasteiger charge is 2.03. The first-order chi connectivity index (χ1) is 6.45. The SMILES string of the molecule is C1=CC(CSc2ccccc2)C=C1. The maximum Gasteiger partial charge on any atom is 0.00781 e. The van der Waals surface area contributed by atoms with Crippen molar-refractivity contribution < 1.29 is 0 Å². The van der Waals surface area contributed by atoms with E-state index in [0.717, 1.165) is 5.75 Å². The number of hydrogen-bond donors (Lipinski definition) is 0. The van der Waals surface area contributed by atoms with Crippen LogP contribution in [0.2, 0.25) is 0 Å². The highest BCUT2D eigenvalue weighted by Crippen LogP contribution is 2.22. The summed E-state index contributed by atoms with van der Waals surface area (Å²) in [7, 11) is 0. The van der Waals surface area contributed by atoms with Crippen molar-refractivity contribution in [3.63, 3.8) is 0 Å². The van der Waals surface area contributed by atoms with Crippen LogP contribution < -0.4 is 0 Å². The number of benzene rings is 1. The molecule has 1 aromatic rings. The third-order valence-electron chi connectivity index (χ3n) is 2.01. The van der Waals surface area contributed by atoms with Crippen LogP contribution in [0.5, 0.6) is 0 Å². The Bertz CT molecular complexity index is 299. The maximum atomic E-state index is 2.25. The van der Waals surface area contributed by atoms with E-state index in [-0.39, 0.29) is 0 Å². The van der Waals surface area contributed by atoms with Crippen molar-refractivity contribution in [2.24, 2.45) is 5.92 Å². The predicted molar refractivity (Wildman–Crippen MR) is 58.9 cm³/mol. The third-order valence-corrected chi connectivity index (χ3v) is 3.17. The van der Waals surface area contributed by atoms with E-state index < -0.39 is 0 Å². The van der Waals surface area contributed by atoms with Crippen molar-refractivity contribution in [1.29, 1.82) is 0 Å². The predicted octanol–water partition coefficient (Wildman–Crippen LogP) is 3.52. The van der Waals surface area contributed by atoms with E-state index in [4.69, 9.17) is 0 Å². The fourth-order valence-electron chi connectivity index (χ4n) is 1.30. The first-order valence-corrected chi connectivity index (χ1v) is 5.46. The van der Waals surface area contributed by atoms with Gasteiger partial charge in [-0.05, 0) is 12.1 Å².